The van der Waals surface area contributed by atoms with Crippen LogP contribution in [0.5, 0.6) is 0 Å². The van der Waals surface area contributed by atoms with Crippen LogP contribution in [0.25, 0.3) is 0 Å². The maximum absolute atomic E-state index is 12.8. The molecule has 330 valence electrons. The third-order valence-corrected chi connectivity index (χ3v) is 10.9. The van der Waals surface area contributed by atoms with Gasteiger partial charge in [-0.15, -0.1) is 0 Å². The highest BCUT2D eigenvalue weighted by molar-refractivity contribution is 5.70. The van der Waals surface area contributed by atoms with Crippen molar-refractivity contribution in [2.24, 2.45) is 0 Å². The molecule has 0 bridgehead atoms. The van der Waals surface area contributed by atoms with Crippen LogP contribution in [0.1, 0.15) is 213 Å². The van der Waals surface area contributed by atoms with Crippen LogP contribution in [-0.2, 0) is 28.5 Å². The summed E-state index contributed by atoms with van der Waals surface area (Å²) in [6.07, 6.45) is 32.1. The van der Waals surface area contributed by atoms with Gasteiger partial charge in [0.1, 0.15) is 31.0 Å². The van der Waals surface area contributed by atoms with Crippen LogP contribution in [0, 0.1) is 0 Å². The number of aliphatic hydroxyl groups excluding tert-OH is 4. The number of allylic oxidation sites excluding steroid dienone is 2. The van der Waals surface area contributed by atoms with Gasteiger partial charge in [0.05, 0.1) is 13.2 Å². The third-order valence-electron chi connectivity index (χ3n) is 10.9. The smallest absolute Gasteiger partial charge is 0.306 e. The Hall–Kier alpha value is -1.56. The molecular weight excluding hydrogens is 712 g/mol. The lowest BCUT2D eigenvalue weighted by Crippen LogP contribution is -2.59. The summed E-state index contributed by atoms with van der Waals surface area (Å²) in [5.74, 6) is -0.805. The van der Waals surface area contributed by atoms with Crippen LogP contribution < -0.4 is 0 Å². The van der Waals surface area contributed by atoms with E-state index in [1.165, 1.54) is 128 Å². The lowest BCUT2D eigenvalue weighted by molar-refractivity contribution is -0.305. The number of aliphatic hydroxyl groups is 4. The molecule has 1 aliphatic heterocycles. The van der Waals surface area contributed by atoms with Crippen LogP contribution in [0.2, 0.25) is 0 Å². The summed E-state index contributed by atoms with van der Waals surface area (Å²) in [5, 5.41) is 40.1. The molecule has 10 nitrogen and oxygen atoms in total. The minimum absolute atomic E-state index is 0.215. The van der Waals surface area contributed by atoms with E-state index < -0.39 is 49.4 Å². The quantitative estimate of drug-likeness (QED) is 0.0269. The molecule has 4 N–H and O–H groups in total. The second-order valence-corrected chi connectivity index (χ2v) is 16.2. The zero-order chi connectivity index (χ0) is 40.9. The molecule has 0 saturated carbocycles. The Bertz CT molecular complexity index is 928. The first-order chi connectivity index (χ1) is 27.3. The predicted molar refractivity (Wildman–Crippen MR) is 224 cm³/mol. The number of esters is 2. The van der Waals surface area contributed by atoms with Crippen molar-refractivity contribution in [1.82, 2.24) is 0 Å². The van der Waals surface area contributed by atoms with Gasteiger partial charge < -0.3 is 39.4 Å². The Morgan fingerprint density at radius 3 is 1.39 bits per heavy atom. The zero-order valence-electron chi connectivity index (χ0n) is 35.9. The van der Waals surface area contributed by atoms with E-state index >= 15 is 0 Å². The van der Waals surface area contributed by atoms with Gasteiger partial charge in [0.15, 0.2) is 12.4 Å². The molecule has 1 saturated heterocycles. The van der Waals surface area contributed by atoms with Gasteiger partial charge in [0.25, 0.3) is 0 Å². The lowest BCUT2D eigenvalue weighted by atomic mass is 9.99. The third kappa shape index (κ3) is 28.8. The van der Waals surface area contributed by atoms with Crippen LogP contribution in [0.15, 0.2) is 12.2 Å². The minimum atomic E-state index is -1.59. The Labute approximate surface area is 341 Å². The van der Waals surface area contributed by atoms with E-state index in [4.69, 9.17) is 18.9 Å². The fourth-order valence-electron chi connectivity index (χ4n) is 7.18. The van der Waals surface area contributed by atoms with E-state index in [-0.39, 0.29) is 32.0 Å². The number of ether oxygens (including phenoxy) is 4. The first kappa shape index (κ1) is 52.5. The molecule has 0 radical (unpaired) electrons. The molecule has 0 aliphatic carbocycles. The van der Waals surface area contributed by atoms with Gasteiger partial charge in [-0.05, 0) is 38.5 Å². The first-order valence-corrected chi connectivity index (χ1v) is 23.3. The molecule has 0 spiro atoms. The van der Waals surface area contributed by atoms with Crippen molar-refractivity contribution >= 4 is 11.9 Å². The van der Waals surface area contributed by atoms with Crippen molar-refractivity contribution in [3.63, 3.8) is 0 Å². The fourth-order valence-corrected chi connectivity index (χ4v) is 7.18. The van der Waals surface area contributed by atoms with Gasteiger partial charge in [0, 0.05) is 12.8 Å². The number of unbranched alkanes of at least 4 members (excludes halogenated alkanes) is 26. The minimum Gasteiger partial charge on any atom is -0.462 e. The summed E-state index contributed by atoms with van der Waals surface area (Å²) in [6, 6.07) is 0. The summed E-state index contributed by atoms with van der Waals surface area (Å²) in [4.78, 5) is 25.3. The second kappa shape index (κ2) is 37.7. The molecule has 1 heterocycles. The standard InChI is InChI=1S/C46H86O10/c1-3-5-7-9-11-13-15-17-19-20-21-23-24-26-28-30-32-34-41(48)53-37-39(38-54-46-45(52)44(51)43(50)40(36-47)56-46)55-42(49)35-33-31-29-27-25-22-18-16-14-12-10-8-6-4-2/h16,18,39-40,43-47,50-52H,3-15,17,19-38H2,1-2H3/b18-16-. The molecule has 10 heteroatoms. The molecule has 0 aromatic heterocycles. The molecule has 1 fully saturated rings. The number of hydrogen-bond donors (Lipinski definition) is 4. The van der Waals surface area contributed by atoms with E-state index in [2.05, 4.69) is 26.0 Å². The summed E-state index contributed by atoms with van der Waals surface area (Å²) in [5.41, 5.74) is 0. The lowest BCUT2D eigenvalue weighted by Gasteiger charge is -2.39. The summed E-state index contributed by atoms with van der Waals surface area (Å²) in [6.45, 7) is 3.43. The average molecular weight is 799 g/mol. The van der Waals surface area contributed by atoms with Crippen molar-refractivity contribution < 1.29 is 49.0 Å². The van der Waals surface area contributed by atoms with Gasteiger partial charge in [-0.25, -0.2) is 0 Å². The molecule has 0 aromatic carbocycles. The van der Waals surface area contributed by atoms with E-state index in [1.807, 2.05) is 0 Å². The fraction of sp³-hybridized carbons (Fsp3) is 0.913. The van der Waals surface area contributed by atoms with E-state index in [0.29, 0.717) is 6.42 Å². The van der Waals surface area contributed by atoms with Gasteiger partial charge in [-0.2, -0.15) is 0 Å². The highest BCUT2D eigenvalue weighted by atomic mass is 16.7. The molecule has 1 aliphatic rings. The number of carbonyl (C=O) groups is 2. The van der Waals surface area contributed by atoms with Crippen molar-refractivity contribution in [3.05, 3.63) is 12.2 Å². The Balaban J connectivity index is 2.30. The van der Waals surface area contributed by atoms with Crippen molar-refractivity contribution in [1.29, 1.82) is 0 Å². The maximum atomic E-state index is 12.8. The number of hydrogen-bond acceptors (Lipinski definition) is 10. The van der Waals surface area contributed by atoms with Crippen LogP contribution >= 0.6 is 0 Å². The monoisotopic (exact) mass is 799 g/mol. The van der Waals surface area contributed by atoms with Crippen molar-refractivity contribution in [3.8, 4) is 0 Å². The van der Waals surface area contributed by atoms with E-state index in [1.54, 1.807) is 0 Å². The van der Waals surface area contributed by atoms with Gasteiger partial charge >= 0.3 is 11.9 Å². The number of carbonyl (C=O) groups excluding carboxylic acids is 2. The second-order valence-electron chi connectivity index (χ2n) is 16.2. The molecule has 0 aromatic rings. The molecule has 56 heavy (non-hydrogen) atoms. The Kier molecular flexibility index (Phi) is 35.3. The summed E-state index contributed by atoms with van der Waals surface area (Å²) >= 11 is 0. The molecule has 0 amide bonds. The predicted octanol–water partition coefficient (Wildman–Crippen LogP) is 9.95. The summed E-state index contributed by atoms with van der Waals surface area (Å²) in [7, 11) is 0. The average Bonchev–Trinajstić information content (AvgIpc) is 3.19. The Morgan fingerprint density at radius 2 is 0.946 bits per heavy atom. The normalized spacial score (nSPS) is 20.4. The van der Waals surface area contributed by atoms with E-state index in [9.17, 15) is 30.0 Å². The zero-order valence-corrected chi connectivity index (χ0v) is 35.9. The Morgan fingerprint density at radius 1 is 0.536 bits per heavy atom. The van der Waals surface area contributed by atoms with Crippen LogP contribution in [0.4, 0.5) is 0 Å². The molecule has 1 rings (SSSR count). The van der Waals surface area contributed by atoms with Gasteiger partial charge in [-0.3, -0.25) is 9.59 Å². The SMILES string of the molecule is CCCCCCC/C=C\CCCCCCCC(=O)OC(COC(=O)CCCCCCCCCCCCCCCCCCC)COC1OC(CO)C(O)C(O)C1O. The van der Waals surface area contributed by atoms with Crippen LogP contribution in [0.3, 0.4) is 0 Å². The van der Waals surface area contributed by atoms with Crippen molar-refractivity contribution in [2.75, 3.05) is 19.8 Å². The van der Waals surface area contributed by atoms with Gasteiger partial charge in [0.2, 0.25) is 0 Å². The topological polar surface area (TPSA) is 152 Å². The largest absolute Gasteiger partial charge is 0.462 e. The molecular formula is C46H86O10. The maximum Gasteiger partial charge on any atom is 0.306 e. The molecule has 6 unspecified atom stereocenters. The first-order valence-electron chi connectivity index (χ1n) is 23.3. The number of rotatable bonds is 39. The van der Waals surface area contributed by atoms with E-state index in [0.717, 1.165) is 51.4 Å². The van der Waals surface area contributed by atoms with Crippen LogP contribution in [-0.4, -0.2) is 89.0 Å². The van der Waals surface area contributed by atoms with Gasteiger partial charge in [-0.1, -0.05) is 174 Å². The highest BCUT2D eigenvalue weighted by Crippen LogP contribution is 2.23. The molecule has 6 atom stereocenters. The van der Waals surface area contributed by atoms with Crippen molar-refractivity contribution in [2.45, 2.75) is 250 Å². The highest BCUT2D eigenvalue weighted by Gasteiger charge is 2.44. The summed E-state index contributed by atoms with van der Waals surface area (Å²) < 4.78 is 22.2.